The topological polar surface area (TPSA) is 108 Å². The Hall–Kier alpha value is -1.67. The average molecular weight is 259 g/mol. The fourth-order valence-electron chi connectivity index (χ4n) is 1.10. The van der Waals surface area contributed by atoms with Crippen molar-refractivity contribution in [2.75, 3.05) is 4.72 Å². The molecule has 1 aromatic heterocycles. The van der Waals surface area contributed by atoms with Crippen LogP contribution in [0.15, 0.2) is 18.3 Å². The third-order valence-electron chi connectivity index (χ3n) is 1.64. The first-order valence-electron chi connectivity index (χ1n) is 4.79. The summed E-state index contributed by atoms with van der Waals surface area (Å²) in [7, 11) is -3.73. The number of carbonyl (C=O) groups is 1. The molecular weight excluding hydrogens is 246 g/mol. The maximum absolute atomic E-state index is 11.5. The second-order valence-corrected chi connectivity index (χ2v) is 5.06. The zero-order valence-electron chi connectivity index (χ0n) is 9.34. The van der Waals surface area contributed by atoms with Gasteiger partial charge in [0.1, 0.15) is 5.82 Å². The molecule has 7 nitrogen and oxygen atoms in total. The standard InChI is InChI=1S/C9H13N3O4S/c1-6(2)11-17(15,16)12-8-5-7(9(13)14)3-4-10-8/h3-6,11H,1-2H3,(H,10,12)(H,13,14). The Morgan fingerprint density at radius 2 is 2.12 bits per heavy atom. The molecule has 0 amide bonds. The predicted octanol–water partition coefficient (Wildman–Crippen LogP) is 0.434. The van der Waals surface area contributed by atoms with Crippen LogP contribution in [0.1, 0.15) is 24.2 Å². The van der Waals surface area contributed by atoms with Crippen molar-refractivity contribution in [1.29, 1.82) is 0 Å². The van der Waals surface area contributed by atoms with Crippen LogP contribution in [0.2, 0.25) is 0 Å². The van der Waals surface area contributed by atoms with Gasteiger partial charge in [0.15, 0.2) is 0 Å². The summed E-state index contributed by atoms with van der Waals surface area (Å²) in [5.74, 6) is -1.19. The molecule has 0 saturated carbocycles. The first-order valence-corrected chi connectivity index (χ1v) is 6.28. The number of carboxylic acids is 1. The van der Waals surface area contributed by atoms with Gasteiger partial charge in [-0.05, 0) is 26.0 Å². The summed E-state index contributed by atoms with van der Waals surface area (Å²) in [5, 5.41) is 8.73. The van der Waals surface area contributed by atoms with E-state index in [1.54, 1.807) is 13.8 Å². The third-order valence-corrected chi connectivity index (χ3v) is 2.90. The molecule has 1 rings (SSSR count). The molecule has 1 aromatic rings. The molecular formula is C9H13N3O4S. The summed E-state index contributed by atoms with van der Waals surface area (Å²) in [6.07, 6.45) is 1.22. The Bertz CT molecular complexity index is 513. The minimum atomic E-state index is -3.73. The lowest BCUT2D eigenvalue weighted by molar-refractivity contribution is 0.0697. The van der Waals surface area contributed by atoms with Gasteiger partial charge < -0.3 is 5.11 Å². The maximum Gasteiger partial charge on any atom is 0.335 e. The van der Waals surface area contributed by atoms with Gasteiger partial charge in [0.2, 0.25) is 0 Å². The molecule has 0 bridgehead atoms. The number of hydrogen-bond donors (Lipinski definition) is 3. The van der Waals surface area contributed by atoms with Crippen LogP contribution in [0.25, 0.3) is 0 Å². The highest BCUT2D eigenvalue weighted by Crippen LogP contribution is 2.08. The summed E-state index contributed by atoms with van der Waals surface area (Å²) in [6.45, 7) is 3.33. The molecule has 0 radical (unpaired) electrons. The van der Waals surface area contributed by atoms with Gasteiger partial charge in [-0.1, -0.05) is 0 Å². The van der Waals surface area contributed by atoms with Crippen LogP contribution in [0.4, 0.5) is 5.82 Å². The molecule has 8 heteroatoms. The van der Waals surface area contributed by atoms with Crippen LogP contribution in [0.5, 0.6) is 0 Å². The van der Waals surface area contributed by atoms with Crippen molar-refractivity contribution in [2.45, 2.75) is 19.9 Å². The zero-order valence-corrected chi connectivity index (χ0v) is 10.2. The smallest absolute Gasteiger partial charge is 0.335 e. The highest BCUT2D eigenvalue weighted by molar-refractivity contribution is 7.90. The van der Waals surface area contributed by atoms with Crippen LogP contribution in [-0.2, 0) is 10.2 Å². The lowest BCUT2D eigenvalue weighted by atomic mass is 10.3. The molecule has 0 saturated heterocycles. The van der Waals surface area contributed by atoms with E-state index >= 15 is 0 Å². The molecule has 0 spiro atoms. The van der Waals surface area contributed by atoms with E-state index in [1.807, 2.05) is 0 Å². The molecule has 3 N–H and O–H groups in total. The molecule has 17 heavy (non-hydrogen) atoms. The summed E-state index contributed by atoms with van der Waals surface area (Å²) in [4.78, 5) is 14.4. The van der Waals surface area contributed by atoms with Gasteiger partial charge in [0.25, 0.3) is 10.2 Å². The zero-order chi connectivity index (χ0) is 13.1. The predicted molar refractivity (Wildman–Crippen MR) is 62.0 cm³/mol. The lowest BCUT2D eigenvalue weighted by Gasteiger charge is -2.10. The van der Waals surface area contributed by atoms with E-state index in [0.29, 0.717) is 0 Å². The first kappa shape index (κ1) is 13.4. The summed E-state index contributed by atoms with van der Waals surface area (Å²) in [6, 6.07) is 2.15. The number of carboxylic acid groups (broad SMARTS) is 1. The van der Waals surface area contributed by atoms with E-state index in [9.17, 15) is 13.2 Å². The fourth-order valence-corrected chi connectivity index (χ4v) is 2.16. The number of aromatic carboxylic acids is 1. The summed E-state index contributed by atoms with van der Waals surface area (Å²) >= 11 is 0. The van der Waals surface area contributed by atoms with E-state index < -0.39 is 16.2 Å². The molecule has 1 heterocycles. The van der Waals surface area contributed by atoms with Crippen LogP contribution in [-0.4, -0.2) is 30.5 Å². The van der Waals surface area contributed by atoms with E-state index in [4.69, 9.17) is 5.11 Å². The number of hydrogen-bond acceptors (Lipinski definition) is 4. The van der Waals surface area contributed by atoms with Crippen LogP contribution in [0.3, 0.4) is 0 Å². The van der Waals surface area contributed by atoms with Gasteiger partial charge in [-0.3, -0.25) is 4.72 Å². The number of aromatic nitrogens is 1. The first-order chi connectivity index (χ1) is 7.80. The lowest BCUT2D eigenvalue weighted by Crippen LogP contribution is -2.35. The van der Waals surface area contributed by atoms with Crippen molar-refractivity contribution in [2.24, 2.45) is 0 Å². The van der Waals surface area contributed by atoms with Gasteiger partial charge in [-0.15, -0.1) is 0 Å². The molecule has 0 fully saturated rings. The van der Waals surface area contributed by atoms with Crippen molar-refractivity contribution < 1.29 is 18.3 Å². The van der Waals surface area contributed by atoms with Crippen LogP contribution >= 0.6 is 0 Å². The van der Waals surface area contributed by atoms with Crippen molar-refractivity contribution in [3.8, 4) is 0 Å². The second kappa shape index (κ2) is 5.11. The average Bonchev–Trinajstić information content (AvgIpc) is 2.14. The number of anilines is 1. The second-order valence-electron chi connectivity index (χ2n) is 3.61. The summed E-state index contributed by atoms with van der Waals surface area (Å²) in [5.41, 5.74) is -0.0396. The van der Waals surface area contributed by atoms with E-state index in [-0.39, 0.29) is 17.4 Å². The van der Waals surface area contributed by atoms with Gasteiger partial charge in [-0.2, -0.15) is 13.1 Å². The Morgan fingerprint density at radius 3 is 2.65 bits per heavy atom. The maximum atomic E-state index is 11.5. The van der Waals surface area contributed by atoms with Crippen LogP contribution < -0.4 is 9.44 Å². The van der Waals surface area contributed by atoms with Gasteiger partial charge in [0.05, 0.1) is 5.56 Å². The monoisotopic (exact) mass is 259 g/mol. The minimum Gasteiger partial charge on any atom is -0.478 e. The Kier molecular flexibility index (Phi) is 4.02. The molecule has 0 aliphatic rings. The Labute approximate surface area is 99.1 Å². The number of nitrogens with one attached hydrogen (secondary N) is 2. The molecule has 0 aliphatic heterocycles. The minimum absolute atomic E-state index is 0.0396. The number of pyridine rings is 1. The number of nitrogens with zero attached hydrogens (tertiary/aromatic N) is 1. The number of rotatable bonds is 5. The normalized spacial score (nSPS) is 11.5. The largest absolute Gasteiger partial charge is 0.478 e. The highest BCUT2D eigenvalue weighted by Gasteiger charge is 2.13. The van der Waals surface area contributed by atoms with Crippen LogP contribution in [0, 0.1) is 0 Å². The van der Waals surface area contributed by atoms with E-state index in [0.717, 1.165) is 6.07 Å². The molecule has 0 unspecified atom stereocenters. The van der Waals surface area contributed by atoms with Crippen molar-refractivity contribution >= 4 is 22.0 Å². The van der Waals surface area contributed by atoms with E-state index in [1.165, 1.54) is 12.3 Å². The highest BCUT2D eigenvalue weighted by atomic mass is 32.2. The quantitative estimate of drug-likeness (QED) is 0.710. The molecule has 0 atom stereocenters. The van der Waals surface area contributed by atoms with E-state index in [2.05, 4.69) is 14.4 Å². The van der Waals surface area contributed by atoms with Gasteiger partial charge in [0, 0.05) is 12.2 Å². The van der Waals surface area contributed by atoms with Crippen molar-refractivity contribution in [3.63, 3.8) is 0 Å². The molecule has 94 valence electrons. The fraction of sp³-hybridized carbons (Fsp3) is 0.333. The van der Waals surface area contributed by atoms with Gasteiger partial charge in [-0.25, -0.2) is 9.78 Å². The SMILES string of the molecule is CC(C)NS(=O)(=O)Nc1cc(C(=O)O)ccn1. The van der Waals surface area contributed by atoms with Crippen molar-refractivity contribution in [1.82, 2.24) is 9.71 Å². The molecule has 0 aromatic carbocycles. The third kappa shape index (κ3) is 4.37. The summed E-state index contributed by atoms with van der Waals surface area (Å²) < 4.78 is 27.4. The Morgan fingerprint density at radius 1 is 1.47 bits per heavy atom. The Balaban J connectivity index is 2.89. The van der Waals surface area contributed by atoms with Crippen molar-refractivity contribution in [3.05, 3.63) is 23.9 Å². The van der Waals surface area contributed by atoms with Gasteiger partial charge >= 0.3 is 5.97 Å². The molecule has 0 aliphatic carbocycles.